The Morgan fingerprint density at radius 2 is 1.80 bits per heavy atom. The third kappa shape index (κ3) is 3.72. The lowest BCUT2D eigenvalue weighted by Gasteiger charge is -2.18. The third-order valence-corrected chi connectivity index (χ3v) is 4.21. The van der Waals surface area contributed by atoms with Crippen LogP contribution in [-0.2, 0) is 5.41 Å². The molecule has 0 aliphatic heterocycles. The van der Waals surface area contributed by atoms with Gasteiger partial charge in [0, 0.05) is 11.8 Å². The molecule has 0 aliphatic carbocycles. The molecule has 3 aromatic rings. The highest BCUT2D eigenvalue weighted by Gasteiger charge is 2.15. The van der Waals surface area contributed by atoms with Crippen LogP contribution >= 0.6 is 0 Å². The summed E-state index contributed by atoms with van der Waals surface area (Å²) in [7, 11) is 0. The van der Waals surface area contributed by atoms with Crippen LogP contribution in [0.4, 0.5) is 5.82 Å². The molecular weight excluding hydrogens is 314 g/mol. The fourth-order valence-corrected chi connectivity index (χ4v) is 2.63. The van der Waals surface area contributed by atoms with Crippen LogP contribution < -0.4 is 5.32 Å². The minimum Gasteiger partial charge on any atom is -0.389 e. The number of nitrogens with one attached hydrogen (secondary N) is 1. The van der Waals surface area contributed by atoms with Gasteiger partial charge < -0.3 is 14.8 Å². The zero-order valence-corrected chi connectivity index (χ0v) is 14.9. The van der Waals surface area contributed by atoms with Gasteiger partial charge in [-0.25, -0.2) is 4.98 Å². The lowest BCUT2D eigenvalue weighted by Crippen LogP contribution is -2.14. The van der Waals surface area contributed by atoms with Gasteiger partial charge in [-0.2, -0.15) is 0 Å². The first-order valence-electron chi connectivity index (χ1n) is 8.32. The molecule has 0 saturated carbocycles. The number of aliphatic hydroxyl groups excluding tert-OH is 1. The van der Waals surface area contributed by atoms with Crippen LogP contribution in [0.25, 0.3) is 5.65 Å². The van der Waals surface area contributed by atoms with E-state index in [0.29, 0.717) is 17.0 Å². The van der Waals surface area contributed by atoms with Crippen molar-refractivity contribution in [3.63, 3.8) is 0 Å². The van der Waals surface area contributed by atoms with Crippen molar-refractivity contribution in [2.24, 2.45) is 0 Å². The smallest absolute Gasteiger partial charge is 0.256 e. The van der Waals surface area contributed by atoms with E-state index >= 15 is 0 Å². The molecule has 1 aromatic carbocycles. The molecule has 2 aromatic heterocycles. The predicted octanol–water partition coefficient (Wildman–Crippen LogP) is 3.94. The third-order valence-electron chi connectivity index (χ3n) is 4.21. The highest BCUT2D eigenvalue weighted by molar-refractivity contribution is 6.03. The first kappa shape index (κ1) is 17.2. The molecule has 0 fully saturated rings. The first-order valence-corrected chi connectivity index (χ1v) is 8.32. The molecule has 2 heterocycles. The van der Waals surface area contributed by atoms with Gasteiger partial charge >= 0.3 is 0 Å². The van der Waals surface area contributed by atoms with E-state index in [-0.39, 0.29) is 11.3 Å². The maximum absolute atomic E-state index is 12.4. The van der Waals surface area contributed by atoms with Crippen LogP contribution in [-0.4, -0.2) is 20.4 Å². The first-order chi connectivity index (χ1) is 11.7. The average molecular weight is 337 g/mol. The number of pyridine rings is 1. The Bertz CT molecular complexity index is 903. The average Bonchev–Trinajstić information content (AvgIpc) is 2.95. The molecule has 1 atom stereocenters. The Hall–Kier alpha value is -2.66. The highest BCUT2D eigenvalue weighted by Crippen LogP contribution is 2.22. The van der Waals surface area contributed by atoms with Crippen molar-refractivity contribution >= 4 is 17.4 Å². The minimum absolute atomic E-state index is 0.0537. The summed E-state index contributed by atoms with van der Waals surface area (Å²) in [6.07, 6.45) is 3.00. The molecule has 0 saturated heterocycles. The van der Waals surface area contributed by atoms with E-state index in [1.54, 1.807) is 23.7 Å². The van der Waals surface area contributed by atoms with Crippen molar-refractivity contribution in [2.45, 2.75) is 39.2 Å². The minimum atomic E-state index is -0.550. The Kier molecular flexibility index (Phi) is 4.35. The molecule has 1 amide bonds. The Morgan fingerprint density at radius 3 is 2.40 bits per heavy atom. The SMILES string of the molecule is CC(O)c1ccc2nc(NC(=O)c3ccc(C(C)(C)C)cc3)cn2c1. The predicted molar refractivity (Wildman–Crippen MR) is 98.9 cm³/mol. The van der Waals surface area contributed by atoms with Crippen LogP contribution in [0.5, 0.6) is 0 Å². The number of nitrogens with zero attached hydrogens (tertiary/aromatic N) is 2. The molecular formula is C20H23N3O2. The summed E-state index contributed by atoms with van der Waals surface area (Å²) in [6.45, 7) is 8.13. The van der Waals surface area contributed by atoms with Crippen LogP contribution in [0, 0.1) is 0 Å². The van der Waals surface area contributed by atoms with Crippen molar-refractivity contribution in [2.75, 3.05) is 5.32 Å². The molecule has 1 unspecified atom stereocenters. The van der Waals surface area contributed by atoms with Gasteiger partial charge in [0.2, 0.25) is 0 Å². The number of amides is 1. The molecule has 5 heteroatoms. The summed E-state index contributed by atoms with van der Waals surface area (Å²) in [6, 6.07) is 11.3. The number of hydrogen-bond acceptors (Lipinski definition) is 3. The Balaban J connectivity index is 1.79. The quantitative estimate of drug-likeness (QED) is 0.761. The van der Waals surface area contributed by atoms with Crippen molar-refractivity contribution in [3.8, 4) is 0 Å². The highest BCUT2D eigenvalue weighted by atomic mass is 16.3. The van der Waals surface area contributed by atoms with Crippen LogP contribution in [0.2, 0.25) is 0 Å². The maximum atomic E-state index is 12.4. The van der Waals surface area contributed by atoms with E-state index < -0.39 is 6.10 Å². The number of benzene rings is 1. The zero-order valence-electron chi connectivity index (χ0n) is 14.9. The van der Waals surface area contributed by atoms with Gasteiger partial charge in [0.15, 0.2) is 5.82 Å². The number of fused-ring (bicyclic) bond motifs is 1. The zero-order chi connectivity index (χ0) is 18.2. The summed E-state index contributed by atoms with van der Waals surface area (Å²) >= 11 is 0. The van der Waals surface area contributed by atoms with Gasteiger partial charge in [0.25, 0.3) is 5.91 Å². The summed E-state index contributed by atoms with van der Waals surface area (Å²) < 4.78 is 1.79. The maximum Gasteiger partial charge on any atom is 0.256 e. The van der Waals surface area contributed by atoms with Crippen molar-refractivity contribution < 1.29 is 9.90 Å². The molecule has 130 valence electrons. The molecule has 3 rings (SSSR count). The topological polar surface area (TPSA) is 66.6 Å². The lowest BCUT2D eigenvalue weighted by atomic mass is 9.87. The van der Waals surface area contributed by atoms with E-state index in [9.17, 15) is 9.90 Å². The summed E-state index contributed by atoms with van der Waals surface area (Å²) in [5.74, 6) is 0.284. The number of carbonyl (C=O) groups excluding carboxylic acids is 1. The van der Waals surface area contributed by atoms with Crippen LogP contribution in [0.3, 0.4) is 0 Å². The summed E-state index contributed by atoms with van der Waals surface area (Å²) in [5, 5.41) is 12.5. The van der Waals surface area contributed by atoms with Crippen molar-refractivity contribution in [1.82, 2.24) is 9.38 Å². The molecule has 0 aliphatic rings. The number of anilines is 1. The molecule has 5 nitrogen and oxygen atoms in total. The van der Waals surface area contributed by atoms with Crippen molar-refractivity contribution in [1.29, 1.82) is 0 Å². The second-order valence-electron chi connectivity index (χ2n) is 7.31. The van der Waals surface area contributed by atoms with Gasteiger partial charge in [0.05, 0.1) is 12.3 Å². The van der Waals surface area contributed by atoms with Gasteiger partial charge in [0.1, 0.15) is 5.65 Å². The van der Waals surface area contributed by atoms with Gasteiger partial charge in [-0.05, 0) is 41.7 Å². The number of aromatic nitrogens is 2. The number of rotatable bonds is 3. The number of hydrogen-bond donors (Lipinski definition) is 2. The van der Waals surface area contributed by atoms with E-state index in [2.05, 4.69) is 31.1 Å². The Labute approximate surface area is 147 Å². The number of imidazole rings is 1. The van der Waals surface area contributed by atoms with E-state index in [4.69, 9.17) is 0 Å². The van der Waals surface area contributed by atoms with E-state index in [1.807, 2.05) is 36.4 Å². The van der Waals surface area contributed by atoms with Gasteiger partial charge in [-0.15, -0.1) is 0 Å². The summed E-state index contributed by atoms with van der Waals surface area (Å²) in [4.78, 5) is 16.8. The largest absolute Gasteiger partial charge is 0.389 e. The molecule has 0 bridgehead atoms. The van der Waals surface area contributed by atoms with E-state index in [0.717, 1.165) is 5.56 Å². The fraction of sp³-hybridized carbons (Fsp3) is 0.300. The molecule has 0 spiro atoms. The molecule has 2 N–H and O–H groups in total. The fourth-order valence-electron chi connectivity index (χ4n) is 2.63. The summed E-state index contributed by atoms with van der Waals surface area (Å²) in [5.41, 5.74) is 3.33. The van der Waals surface area contributed by atoms with Gasteiger partial charge in [-0.1, -0.05) is 39.0 Å². The molecule has 25 heavy (non-hydrogen) atoms. The second kappa shape index (κ2) is 6.33. The second-order valence-corrected chi connectivity index (χ2v) is 7.31. The van der Waals surface area contributed by atoms with E-state index in [1.165, 1.54) is 5.56 Å². The van der Waals surface area contributed by atoms with Crippen LogP contribution in [0.15, 0.2) is 48.8 Å². The number of aliphatic hydroxyl groups is 1. The van der Waals surface area contributed by atoms with Crippen molar-refractivity contribution in [3.05, 3.63) is 65.5 Å². The monoisotopic (exact) mass is 337 g/mol. The van der Waals surface area contributed by atoms with Crippen LogP contribution in [0.1, 0.15) is 55.3 Å². The standard InChI is InChI=1S/C20H23N3O2/c1-13(24)15-7-10-18-21-17(12-23(18)11-15)22-19(25)14-5-8-16(9-6-14)20(2,3)4/h5-13,24H,1-4H3,(H,22,25). The normalized spacial score (nSPS) is 13.0. The Morgan fingerprint density at radius 1 is 1.12 bits per heavy atom. The lowest BCUT2D eigenvalue weighted by molar-refractivity contribution is 0.102. The number of carbonyl (C=O) groups is 1. The molecule has 0 radical (unpaired) electrons. The van der Waals surface area contributed by atoms with Gasteiger partial charge in [-0.3, -0.25) is 4.79 Å².